The lowest BCUT2D eigenvalue weighted by molar-refractivity contribution is -0.0197. The quantitative estimate of drug-likeness (QED) is 0.549. The molecule has 2 aliphatic heterocycles. The van der Waals surface area contributed by atoms with E-state index < -0.39 is 17.7 Å². The number of nitrogens with zero attached hydrogens (tertiary/aromatic N) is 5. The summed E-state index contributed by atoms with van der Waals surface area (Å²) in [6.07, 6.45) is -0.0159. The van der Waals surface area contributed by atoms with Crippen LogP contribution in [0, 0.1) is 11.6 Å². The van der Waals surface area contributed by atoms with Gasteiger partial charge in [-0.05, 0) is 31.2 Å². The van der Waals surface area contributed by atoms with Crippen molar-refractivity contribution in [2.24, 2.45) is 4.99 Å². The molecule has 0 aliphatic carbocycles. The number of ether oxygens (including phenoxy) is 1. The number of halogens is 4. The van der Waals surface area contributed by atoms with Gasteiger partial charge in [-0.15, -0.1) is 5.10 Å². The third-order valence-electron chi connectivity index (χ3n) is 5.73. The number of carbonyl (C=O) groups is 1. The Morgan fingerprint density at radius 3 is 2.48 bits per heavy atom. The van der Waals surface area contributed by atoms with Crippen molar-refractivity contribution in [3.63, 3.8) is 0 Å². The summed E-state index contributed by atoms with van der Waals surface area (Å²) in [5, 5.41) is 4.65. The molecule has 2 aromatic carbocycles. The van der Waals surface area contributed by atoms with E-state index in [2.05, 4.69) is 15.1 Å². The van der Waals surface area contributed by atoms with E-state index >= 15 is 0 Å². The summed E-state index contributed by atoms with van der Waals surface area (Å²) >= 11 is 12.8. The number of likely N-dealkylation sites (tertiary alicyclic amines) is 1. The van der Waals surface area contributed by atoms with Crippen molar-refractivity contribution in [3.8, 4) is 5.69 Å². The van der Waals surface area contributed by atoms with Crippen LogP contribution in [-0.4, -0.2) is 57.6 Å². The molecule has 7 nitrogen and oxygen atoms in total. The van der Waals surface area contributed by atoms with Crippen molar-refractivity contribution in [1.82, 2.24) is 19.7 Å². The molecular formula is C22H17Cl2F2N5O2. The highest BCUT2D eigenvalue weighted by Gasteiger charge is 2.36. The third kappa shape index (κ3) is 3.51. The van der Waals surface area contributed by atoms with Crippen LogP contribution in [0.1, 0.15) is 40.5 Å². The Labute approximate surface area is 197 Å². The molecule has 11 heteroatoms. The van der Waals surface area contributed by atoms with Crippen LogP contribution >= 0.6 is 23.2 Å². The number of amides is 1. The maximum absolute atomic E-state index is 14.7. The van der Waals surface area contributed by atoms with Gasteiger partial charge in [0.2, 0.25) is 5.82 Å². The van der Waals surface area contributed by atoms with Gasteiger partial charge in [0.25, 0.3) is 5.91 Å². The van der Waals surface area contributed by atoms with Crippen molar-refractivity contribution in [1.29, 1.82) is 0 Å². The second kappa shape index (κ2) is 8.16. The summed E-state index contributed by atoms with van der Waals surface area (Å²) in [4.78, 5) is 23.4. The second-order valence-electron chi connectivity index (χ2n) is 7.78. The molecule has 3 aromatic rings. The van der Waals surface area contributed by atoms with Crippen LogP contribution in [0.15, 0.2) is 35.3 Å². The standard InChI is InChI=1S/C22H17Cl2F2N5O2/c1-10-21-28-20(22(32)30-8-11(9-30)33-2)29-31(21)15-7-6-12(23)18(24)17(15)19(27-10)16-13(25)4-3-5-14(16)26/h3-7,10-11H,8-9H2,1-2H3/t10-/m0/s1. The fourth-order valence-corrected chi connectivity index (χ4v) is 4.34. The van der Waals surface area contributed by atoms with Crippen LogP contribution < -0.4 is 0 Å². The van der Waals surface area contributed by atoms with Crippen molar-refractivity contribution in [2.75, 3.05) is 20.2 Å². The number of carbonyl (C=O) groups excluding carboxylic acids is 1. The van der Waals surface area contributed by atoms with Crippen LogP contribution in [0.4, 0.5) is 8.78 Å². The lowest BCUT2D eigenvalue weighted by Gasteiger charge is -2.37. The molecule has 0 radical (unpaired) electrons. The molecule has 1 aromatic heterocycles. The van der Waals surface area contributed by atoms with E-state index in [1.165, 1.54) is 10.7 Å². The van der Waals surface area contributed by atoms with Crippen LogP contribution in [0.3, 0.4) is 0 Å². The summed E-state index contributed by atoms with van der Waals surface area (Å²) < 4.78 is 36.1. The lowest BCUT2D eigenvalue weighted by Crippen LogP contribution is -2.54. The lowest BCUT2D eigenvalue weighted by atomic mass is 9.99. The summed E-state index contributed by atoms with van der Waals surface area (Å²) in [5.74, 6) is -1.62. The molecule has 0 bridgehead atoms. The van der Waals surface area contributed by atoms with E-state index in [1.807, 2.05) is 0 Å². The fourth-order valence-electron chi connectivity index (χ4n) is 3.93. The predicted octanol–water partition coefficient (Wildman–Crippen LogP) is 4.24. The number of aliphatic imine (C=N–C) groups is 1. The molecule has 1 fully saturated rings. The number of aromatic nitrogens is 3. The largest absolute Gasteiger partial charge is 0.378 e. The van der Waals surface area contributed by atoms with Gasteiger partial charge < -0.3 is 9.64 Å². The third-order valence-corrected chi connectivity index (χ3v) is 6.53. The molecule has 1 amide bonds. The molecule has 0 N–H and O–H groups in total. The fraction of sp³-hybridized carbons (Fsp3) is 0.273. The normalized spacial score (nSPS) is 17.7. The van der Waals surface area contributed by atoms with Gasteiger partial charge in [0.1, 0.15) is 17.7 Å². The van der Waals surface area contributed by atoms with Crippen LogP contribution in [0.25, 0.3) is 5.69 Å². The molecule has 1 atom stereocenters. The Morgan fingerprint density at radius 2 is 1.82 bits per heavy atom. The first-order valence-electron chi connectivity index (χ1n) is 10.1. The smallest absolute Gasteiger partial charge is 0.293 e. The molecule has 3 heterocycles. The van der Waals surface area contributed by atoms with Gasteiger partial charge in [-0.1, -0.05) is 29.3 Å². The number of rotatable bonds is 3. The topological polar surface area (TPSA) is 72.6 Å². The number of fused-ring (bicyclic) bond motifs is 3. The molecule has 170 valence electrons. The molecule has 0 saturated carbocycles. The monoisotopic (exact) mass is 491 g/mol. The van der Waals surface area contributed by atoms with Gasteiger partial charge in [0.15, 0.2) is 5.82 Å². The minimum Gasteiger partial charge on any atom is -0.378 e. The predicted molar refractivity (Wildman–Crippen MR) is 118 cm³/mol. The number of hydrogen-bond donors (Lipinski definition) is 0. The minimum absolute atomic E-state index is 0.00791. The molecule has 1 saturated heterocycles. The van der Waals surface area contributed by atoms with Gasteiger partial charge in [-0.2, -0.15) is 0 Å². The summed E-state index contributed by atoms with van der Waals surface area (Å²) in [7, 11) is 1.59. The molecule has 5 rings (SSSR count). The Morgan fingerprint density at radius 1 is 1.12 bits per heavy atom. The summed E-state index contributed by atoms with van der Waals surface area (Å²) in [6, 6.07) is 6.00. The van der Waals surface area contributed by atoms with Gasteiger partial charge in [0, 0.05) is 25.8 Å². The Balaban J connectivity index is 1.68. The molecule has 2 aliphatic rings. The van der Waals surface area contributed by atoms with Gasteiger partial charge in [-0.3, -0.25) is 9.79 Å². The Kier molecular flexibility index (Phi) is 5.43. The zero-order valence-electron chi connectivity index (χ0n) is 17.5. The SMILES string of the molecule is COC1CN(C(=O)c2nc3n(n2)-c2ccc(Cl)c(Cl)c2C(c2c(F)cccc2F)=N[C@H]3C)C1. The highest BCUT2D eigenvalue weighted by molar-refractivity contribution is 6.45. The number of benzene rings is 2. The van der Waals surface area contributed by atoms with Gasteiger partial charge in [-0.25, -0.2) is 18.4 Å². The summed E-state index contributed by atoms with van der Waals surface area (Å²) in [6.45, 7) is 2.59. The molecule has 0 spiro atoms. The average molecular weight is 492 g/mol. The molecular weight excluding hydrogens is 475 g/mol. The van der Waals surface area contributed by atoms with Crippen molar-refractivity contribution >= 4 is 34.8 Å². The zero-order valence-corrected chi connectivity index (χ0v) is 19.0. The van der Waals surface area contributed by atoms with E-state index in [9.17, 15) is 13.6 Å². The van der Waals surface area contributed by atoms with E-state index in [1.54, 1.807) is 31.1 Å². The maximum atomic E-state index is 14.7. The summed E-state index contributed by atoms with van der Waals surface area (Å²) in [5.41, 5.74) is 0.218. The van der Waals surface area contributed by atoms with Crippen LogP contribution in [0.5, 0.6) is 0 Å². The van der Waals surface area contributed by atoms with Gasteiger partial charge in [0.05, 0.1) is 33.1 Å². The van der Waals surface area contributed by atoms with E-state index in [-0.39, 0.29) is 44.7 Å². The highest BCUT2D eigenvalue weighted by Crippen LogP contribution is 2.38. The first-order valence-corrected chi connectivity index (χ1v) is 10.9. The van der Waals surface area contributed by atoms with Crippen LogP contribution in [-0.2, 0) is 4.74 Å². The number of methoxy groups -OCH3 is 1. The van der Waals surface area contributed by atoms with E-state index in [0.717, 1.165) is 12.1 Å². The second-order valence-corrected chi connectivity index (χ2v) is 8.56. The first kappa shape index (κ1) is 21.9. The number of hydrogen-bond acceptors (Lipinski definition) is 5. The van der Waals surface area contributed by atoms with Crippen molar-refractivity contribution in [3.05, 3.63) is 74.8 Å². The molecule has 33 heavy (non-hydrogen) atoms. The van der Waals surface area contributed by atoms with Crippen LogP contribution in [0.2, 0.25) is 10.0 Å². The minimum atomic E-state index is -0.795. The Bertz CT molecular complexity index is 1300. The first-order chi connectivity index (χ1) is 15.8. The maximum Gasteiger partial charge on any atom is 0.293 e. The van der Waals surface area contributed by atoms with Crippen molar-refractivity contribution < 1.29 is 18.3 Å². The highest BCUT2D eigenvalue weighted by atomic mass is 35.5. The van der Waals surface area contributed by atoms with E-state index in [4.69, 9.17) is 27.9 Å². The van der Waals surface area contributed by atoms with Gasteiger partial charge >= 0.3 is 0 Å². The molecule has 0 unspecified atom stereocenters. The Hall–Kier alpha value is -2.88. The zero-order chi connectivity index (χ0) is 23.4. The van der Waals surface area contributed by atoms with E-state index in [0.29, 0.717) is 24.6 Å². The average Bonchev–Trinajstić information content (AvgIpc) is 3.15. The van der Waals surface area contributed by atoms with Crippen molar-refractivity contribution in [2.45, 2.75) is 19.1 Å².